The molecule has 0 bridgehead atoms. The number of amides is 1. The minimum atomic E-state index is -2.41. The Labute approximate surface area is 308 Å². The topological polar surface area (TPSA) is 149 Å². The van der Waals surface area contributed by atoms with Gasteiger partial charge in [-0.15, -0.1) is 0 Å². The molecule has 51 heavy (non-hydrogen) atoms. The normalized spacial score (nSPS) is 21.9. The first-order valence-electron chi connectivity index (χ1n) is 20.5. The quantitative estimate of drug-likeness (QED) is 0.0292. The molecule has 1 heterocycles. The number of ether oxygens (including phenoxy) is 2. The number of halogens is 2. The number of unbranched alkanes of at least 4 members (excludes halogenated alkanes) is 21. The molecule has 0 radical (unpaired) electrons. The first kappa shape index (κ1) is 47.8. The van der Waals surface area contributed by atoms with Crippen LogP contribution in [0.25, 0.3) is 0 Å². The summed E-state index contributed by atoms with van der Waals surface area (Å²) in [4.78, 5) is 12.9. The van der Waals surface area contributed by atoms with Gasteiger partial charge in [0, 0.05) is 6.42 Å². The Bertz CT molecular complexity index is 851. The van der Waals surface area contributed by atoms with Gasteiger partial charge in [0.15, 0.2) is 6.29 Å². The molecule has 0 aromatic carbocycles. The van der Waals surface area contributed by atoms with Crippen LogP contribution in [0.1, 0.15) is 174 Å². The van der Waals surface area contributed by atoms with Crippen molar-refractivity contribution < 1.29 is 48.6 Å². The fraction of sp³-hybridized carbons (Fsp3) is 0.925. The zero-order chi connectivity index (χ0) is 37.7. The molecule has 1 saturated heterocycles. The molecule has 11 heteroatoms. The number of carbonyl (C=O) groups excluding carboxylic acids is 1. The maximum absolute atomic E-state index is 12.9. The summed E-state index contributed by atoms with van der Waals surface area (Å²) < 4.78 is 36.1. The highest BCUT2D eigenvalue weighted by molar-refractivity contribution is 5.76. The smallest absolute Gasteiger partial charge is 0.259 e. The lowest BCUT2D eigenvalue weighted by Crippen LogP contribution is -2.60. The van der Waals surface area contributed by atoms with E-state index in [1.54, 1.807) is 0 Å². The number of rotatable bonds is 34. The molecule has 7 atom stereocenters. The highest BCUT2D eigenvalue weighted by atomic mass is 19.3. The van der Waals surface area contributed by atoms with E-state index in [-0.39, 0.29) is 18.1 Å². The fourth-order valence-corrected chi connectivity index (χ4v) is 6.66. The lowest BCUT2D eigenvalue weighted by Gasteiger charge is -2.40. The molecule has 1 aliphatic heterocycles. The summed E-state index contributed by atoms with van der Waals surface area (Å²) in [5.41, 5.74) is 0.0295. The second-order valence-corrected chi connectivity index (χ2v) is 14.8. The second kappa shape index (κ2) is 31.2. The first-order chi connectivity index (χ1) is 24.6. The summed E-state index contributed by atoms with van der Waals surface area (Å²) >= 11 is 0. The van der Waals surface area contributed by atoms with Crippen molar-refractivity contribution in [2.24, 2.45) is 0 Å². The molecule has 0 aromatic heterocycles. The van der Waals surface area contributed by atoms with Crippen molar-refractivity contribution in [3.05, 3.63) is 12.2 Å². The van der Waals surface area contributed by atoms with Gasteiger partial charge in [-0.25, -0.2) is 8.78 Å². The Hall–Kier alpha value is -1.21. The molecule has 0 aromatic rings. The van der Waals surface area contributed by atoms with Gasteiger partial charge in [0.25, 0.3) is 6.43 Å². The highest BCUT2D eigenvalue weighted by Crippen LogP contribution is 2.23. The van der Waals surface area contributed by atoms with Gasteiger partial charge in [-0.2, -0.15) is 0 Å². The average Bonchev–Trinajstić information content (AvgIpc) is 3.11. The van der Waals surface area contributed by atoms with Crippen LogP contribution in [0.2, 0.25) is 0 Å². The van der Waals surface area contributed by atoms with Crippen molar-refractivity contribution in [1.29, 1.82) is 0 Å². The van der Waals surface area contributed by atoms with Crippen molar-refractivity contribution in [3.8, 4) is 0 Å². The third-order valence-electron chi connectivity index (χ3n) is 10.2. The van der Waals surface area contributed by atoms with Gasteiger partial charge in [-0.3, -0.25) is 4.79 Å². The molecule has 1 fully saturated rings. The summed E-state index contributed by atoms with van der Waals surface area (Å²) in [6.07, 6.45) is 16.5. The third kappa shape index (κ3) is 23.2. The van der Waals surface area contributed by atoms with Crippen LogP contribution in [0, 0.1) is 0 Å². The molecule has 0 spiro atoms. The Morgan fingerprint density at radius 1 is 0.706 bits per heavy atom. The van der Waals surface area contributed by atoms with E-state index in [0.717, 1.165) is 83.5 Å². The van der Waals surface area contributed by atoms with E-state index in [2.05, 4.69) is 18.8 Å². The molecule has 6 unspecified atom stereocenters. The van der Waals surface area contributed by atoms with E-state index in [4.69, 9.17) is 9.47 Å². The zero-order valence-corrected chi connectivity index (χ0v) is 31.8. The number of carbonyl (C=O) groups is 1. The summed E-state index contributed by atoms with van der Waals surface area (Å²) in [5, 5.41) is 54.0. The maximum Gasteiger partial charge on any atom is 0.259 e. The molecule has 302 valence electrons. The summed E-state index contributed by atoms with van der Waals surface area (Å²) in [7, 11) is 0. The first-order valence-corrected chi connectivity index (χ1v) is 20.5. The van der Waals surface area contributed by atoms with Crippen molar-refractivity contribution in [2.75, 3.05) is 13.2 Å². The summed E-state index contributed by atoms with van der Waals surface area (Å²) in [6, 6.07) is -0.754. The molecule has 1 rings (SSSR count). The predicted octanol–water partition coefficient (Wildman–Crippen LogP) is 7.63. The Morgan fingerprint density at radius 3 is 1.63 bits per heavy atom. The maximum atomic E-state index is 12.9. The van der Waals surface area contributed by atoms with Crippen LogP contribution in [-0.2, 0) is 14.3 Å². The molecule has 0 saturated carbocycles. The molecule has 1 amide bonds. The summed E-state index contributed by atoms with van der Waals surface area (Å²) in [5.74, 6) is -0.198. The molecule has 1 aliphatic rings. The monoisotopic (exact) mass is 736 g/mol. The van der Waals surface area contributed by atoms with Crippen molar-refractivity contribution in [1.82, 2.24) is 5.32 Å². The number of alkyl halides is 2. The fourth-order valence-electron chi connectivity index (χ4n) is 6.66. The average molecular weight is 736 g/mol. The van der Waals surface area contributed by atoms with E-state index in [1.807, 2.05) is 0 Å². The van der Waals surface area contributed by atoms with Gasteiger partial charge < -0.3 is 40.3 Å². The van der Waals surface area contributed by atoms with Crippen molar-refractivity contribution in [2.45, 2.75) is 223 Å². The Morgan fingerprint density at radius 2 is 1.16 bits per heavy atom. The summed E-state index contributed by atoms with van der Waals surface area (Å²) in [6.45, 7) is 4.91. The Balaban J connectivity index is 2.38. The zero-order valence-electron chi connectivity index (χ0n) is 31.8. The van der Waals surface area contributed by atoms with Gasteiger partial charge in [0.1, 0.15) is 24.4 Å². The standard InChI is InChI=1S/C40H75F2NO8/c1-3-4-5-6-7-8-9-10-11-15-18-21-24-27-33(45)32(30-50-40-38(49)37(48)36(47)34(29-44)51-40)43-35(46)28-25-22-19-16-13-12-14-17-20-23-26-31(2)39(41)42/h32-34,36-40,44-45,47-49H,2-30H2,1H3,(H,43,46)/t32-,33?,34?,36?,37?,38?,40?/m0/s1. The minimum Gasteiger partial charge on any atom is -0.394 e. The second-order valence-electron chi connectivity index (χ2n) is 14.8. The number of hydrogen-bond acceptors (Lipinski definition) is 8. The van der Waals surface area contributed by atoms with Crippen LogP contribution in [0.15, 0.2) is 12.2 Å². The molecular formula is C40H75F2NO8. The lowest BCUT2D eigenvalue weighted by atomic mass is 9.99. The van der Waals surface area contributed by atoms with Gasteiger partial charge in [0.2, 0.25) is 5.91 Å². The number of aliphatic hydroxyl groups is 5. The highest BCUT2D eigenvalue weighted by Gasteiger charge is 2.44. The van der Waals surface area contributed by atoms with E-state index in [1.165, 1.54) is 64.2 Å². The van der Waals surface area contributed by atoms with Gasteiger partial charge in [0.05, 0.1) is 25.4 Å². The van der Waals surface area contributed by atoms with Gasteiger partial charge in [-0.1, -0.05) is 148 Å². The lowest BCUT2D eigenvalue weighted by molar-refractivity contribution is -0.302. The number of aliphatic hydroxyl groups excluding tert-OH is 5. The van der Waals surface area contributed by atoms with Crippen molar-refractivity contribution >= 4 is 5.91 Å². The van der Waals surface area contributed by atoms with Crippen molar-refractivity contribution in [3.63, 3.8) is 0 Å². The molecular weight excluding hydrogens is 660 g/mol. The minimum absolute atomic E-state index is 0.0295. The van der Waals surface area contributed by atoms with Crippen LogP contribution in [0.4, 0.5) is 8.78 Å². The molecule has 6 N–H and O–H groups in total. The van der Waals surface area contributed by atoms with Gasteiger partial charge >= 0.3 is 0 Å². The Kier molecular flexibility index (Phi) is 29.2. The number of nitrogens with one attached hydrogen (secondary N) is 1. The van der Waals surface area contributed by atoms with Crippen LogP contribution >= 0.6 is 0 Å². The third-order valence-corrected chi connectivity index (χ3v) is 10.2. The predicted molar refractivity (Wildman–Crippen MR) is 199 cm³/mol. The van der Waals surface area contributed by atoms with E-state index < -0.39 is 55.9 Å². The van der Waals surface area contributed by atoms with E-state index >= 15 is 0 Å². The van der Waals surface area contributed by atoms with Crippen LogP contribution in [0.3, 0.4) is 0 Å². The van der Waals surface area contributed by atoms with Crippen LogP contribution < -0.4 is 5.32 Å². The van der Waals surface area contributed by atoms with E-state index in [0.29, 0.717) is 19.3 Å². The van der Waals surface area contributed by atoms with E-state index in [9.17, 15) is 39.1 Å². The largest absolute Gasteiger partial charge is 0.394 e. The van der Waals surface area contributed by atoms with Crippen LogP contribution in [0.5, 0.6) is 0 Å². The molecule has 9 nitrogen and oxygen atoms in total. The molecule has 0 aliphatic carbocycles. The van der Waals surface area contributed by atoms with Gasteiger partial charge in [-0.05, 0) is 31.3 Å². The number of hydrogen-bond donors (Lipinski definition) is 6. The SMILES string of the molecule is C=C(CCCCCCCCCCCCC(=O)N[C@@H](COC1OC(CO)C(O)C(O)C1O)C(O)CCCCCCCCCCCCCCC)C(F)F. The van der Waals surface area contributed by atoms with Crippen LogP contribution in [-0.4, -0.2) is 93.9 Å². The number of allylic oxidation sites excluding steroid dienone is 1.